The molecule has 1 aliphatic rings. The Morgan fingerprint density at radius 1 is 1.25 bits per heavy atom. The molecule has 2 aromatic rings. The van der Waals surface area contributed by atoms with Crippen molar-refractivity contribution in [2.45, 2.75) is 52.5 Å². The van der Waals surface area contributed by atoms with Gasteiger partial charge in [-0.05, 0) is 37.3 Å². The number of halogens is 1. The lowest BCUT2D eigenvalue weighted by molar-refractivity contribution is 0.281. The summed E-state index contributed by atoms with van der Waals surface area (Å²) in [6.45, 7) is 5.45. The first kappa shape index (κ1) is 13.9. The van der Waals surface area contributed by atoms with Gasteiger partial charge >= 0.3 is 0 Å². The smallest absolute Gasteiger partial charge is 0.160 e. The molecule has 20 heavy (non-hydrogen) atoms. The number of rotatable bonds is 4. The predicted octanol–water partition coefficient (Wildman–Crippen LogP) is 4.10. The fraction of sp³-hybridized carbons (Fsp3) is 0.625. The van der Waals surface area contributed by atoms with Crippen molar-refractivity contribution in [3.05, 3.63) is 23.7 Å². The van der Waals surface area contributed by atoms with E-state index in [-0.39, 0.29) is 0 Å². The van der Waals surface area contributed by atoms with Gasteiger partial charge in [-0.25, -0.2) is 9.97 Å². The number of imidazole rings is 1. The third kappa shape index (κ3) is 2.56. The van der Waals surface area contributed by atoms with Gasteiger partial charge in [-0.3, -0.25) is 0 Å². The summed E-state index contributed by atoms with van der Waals surface area (Å²) >= 11 is 5.94. The maximum atomic E-state index is 5.94. The van der Waals surface area contributed by atoms with Gasteiger partial charge in [0.05, 0.1) is 0 Å². The molecule has 2 heterocycles. The summed E-state index contributed by atoms with van der Waals surface area (Å²) in [4.78, 5) is 9.44. The first-order valence-electron chi connectivity index (χ1n) is 7.50. The summed E-state index contributed by atoms with van der Waals surface area (Å²) in [5, 5.41) is 0. The standard InChI is InChI=1S/C16H22ClN3/c1-12-5-6-13-15(18-12)20(14(19-13)7-10-17)11-16(2)8-3-4-9-16/h5-6H,3-4,7-11H2,1-2H3. The number of fused-ring (bicyclic) bond motifs is 1. The lowest BCUT2D eigenvalue weighted by Crippen LogP contribution is -2.21. The third-order valence-corrected chi connectivity index (χ3v) is 4.67. The van der Waals surface area contributed by atoms with Gasteiger partial charge in [0.1, 0.15) is 11.3 Å². The van der Waals surface area contributed by atoms with Crippen molar-refractivity contribution in [3.63, 3.8) is 0 Å². The zero-order valence-electron chi connectivity index (χ0n) is 12.3. The monoisotopic (exact) mass is 291 g/mol. The number of hydrogen-bond donors (Lipinski definition) is 0. The molecule has 4 heteroatoms. The molecule has 0 atom stereocenters. The summed E-state index contributed by atoms with van der Waals surface area (Å²) in [5.41, 5.74) is 3.46. The molecule has 0 N–H and O–H groups in total. The Labute approximate surface area is 125 Å². The quantitative estimate of drug-likeness (QED) is 0.794. The molecule has 3 nitrogen and oxygen atoms in total. The molecule has 0 unspecified atom stereocenters. The van der Waals surface area contributed by atoms with Crippen LogP contribution in [0.25, 0.3) is 11.2 Å². The SMILES string of the molecule is Cc1ccc2nc(CCCl)n(CC3(C)CCCC3)c2n1. The normalized spacial score (nSPS) is 17.9. The Balaban J connectivity index is 2.05. The van der Waals surface area contributed by atoms with Crippen molar-refractivity contribution in [1.29, 1.82) is 0 Å². The molecule has 0 bridgehead atoms. The highest BCUT2D eigenvalue weighted by atomic mass is 35.5. The largest absolute Gasteiger partial charge is 0.312 e. The van der Waals surface area contributed by atoms with E-state index in [1.165, 1.54) is 25.7 Å². The Morgan fingerprint density at radius 2 is 2.00 bits per heavy atom. The maximum Gasteiger partial charge on any atom is 0.160 e. The number of alkyl halides is 1. The summed E-state index contributed by atoms with van der Waals surface area (Å²) < 4.78 is 2.32. The fourth-order valence-corrected chi connectivity index (χ4v) is 3.52. The zero-order chi connectivity index (χ0) is 14.2. The molecule has 108 valence electrons. The van der Waals surface area contributed by atoms with Gasteiger partial charge in [0.15, 0.2) is 5.65 Å². The van der Waals surface area contributed by atoms with Crippen LogP contribution in [0.15, 0.2) is 12.1 Å². The molecule has 2 aromatic heterocycles. The summed E-state index contributed by atoms with van der Waals surface area (Å²) in [6.07, 6.45) is 6.12. The van der Waals surface area contributed by atoms with Crippen LogP contribution in [0.2, 0.25) is 0 Å². The van der Waals surface area contributed by atoms with Crippen LogP contribution in [-0.2, 0) is 13.0 Å². The highest BCUT2D eigenvalue weighted by Crippen LogP contribution is 2.39. The highest BCUT2D eigenvalue weighted by molar-refractivity contribution is 6.17. The van der Waals surface area contributed by atoms with Crippen molar-refractivity contribution < 1.29 is 0 Å². The molecule has 0 amide bonds. The van der Waals surface area contributed by atoms with Crippen LogP contribution in [-0.4, -0.2) is 20.4 Å². The predicted molar refractivity (Wildman–Crippen MR) is 83.3 cm³/mol. The Hall–Kier alpha value is -1.09. The van der Waals surface area contributed by atoms with Crippen molar-refractivity contribution in [2.24, 2.45) is 5.41 Å². The number of nitrogens with zero attached hydrogens (tertiary/aromatic N) is 3. The number of hydrogen-bond acceptors (Lipinski definition) is 2. The van der Waals surface area contributed by atoms with Crippen LogP contribution in [0.3, 0.4) is 0 Å². The van der Waals surface area contributed by atoms with Crippen LogP contribution in [0.5, 0.6) is 0 Å². The van der Waals surface area contributed by atoms with Crippen molar-refractivity contribution in [1.82, 2.24) is 14.5 Å². The van der Waals surface area contributed by atoms with E-state index in [1.54, 1.807) is 0 Å². The van der Waals surface area contributed by atoms with Gasteiger partial charge < -0.3 is 4.57 Å². The molecule has 1 fully saturated rings. The van der Waals surface area contributed by atoms with Gasteiger partial charge in [0, 0.05) is 24.5 Å². The van der Waals surface area contributed by atoms with Crippen molar-refractivity contribution >= 4 is 22.8 Å². The molecule has 3 rings (SSSR count). The molecule has 1 saturated carbocycles. The van der Waals surface area contributed by atoms with Gasteiger partial charge in [-0.2, -0.15) is 0 Å². The molecule has 0 aliphatic heterocycles. The summed E-state index contributed by atoms with van der Waals surface area (Å²) in [6, 6.07) is 4.10. The number of aromatic nitrogens is 3. The summed E-state index contributed by atoms with van der Waals surface area (Å²) in [5.74, 6) is 1.69. The maximum absolute atomic E-state index is 5.94. The van der Waals surface area contributed by atoms with Crippen molar-refractivity contribution in [3.8, 4) is 0 Å². The average molecular weight is 292 g/mol. The molecule has 0 spiro atoms. The van der Waals surface area contributed by atoms with Gasteiger partial charge in [-0.15, -0.1) is 11.6 Å². The Morgan fingerprint density at radius 3 is 2.70 bits per heavy atom. The van der Waals surface area contributed by atoms with Crippen LogP contribution < -0.4 is 0 Å². The van der Waals surface area contributed by atoms with Crippen LogP contribution in [0.4, 0.5) is 0 Å². The van der Waals surface area contributed by atoms with Crippen LogP contribution in [0, 0.1) is 12.3 Å². The number of pyridine rings is 1. The minimum absolute atomic E-state index is 0.389. The first-order chi connectivity index (χ1) is 9.61. The van der Waals surface area contributed by atoms with E-state index in [0.29, 0.717) is 11.3 Å². The zero-order valence-corrected chi connectivity index (χ0v) is 13.1. The third-order valence-electron chi connectivity index (χ3n) is 4.48. The number of aryl methyl sites for hydroxylation is 2. The molecule has 0 radical (unpaired) electrons. The van der Waals surface area contributed by atoms with E-state index in [4.69, 9.17) is 21.6 Å². The highest BCUT2D eigenvalue weighted by Gasteiger charge is 2.30. The summed E-state index contributed by atoms with van der Waals surface area (Å²) in [7, 11) is 0. The average Bonchev–Trinajstić information content (AvgIpc) is 2.97. The van der Waals surface area contributed by atoms with Crippen molar-refractivity contribution in [2.75, 3.05) is 5.88 Å². The molecule has 0 saturated heterocycles. The molecular formula is C16H22ClN3. The van der Waals surface area contributed by atoms with E-state index in [2.05, 4.69) is 17.6 Å². The van der Waals surface area contributed by atoms with E-state index in [9.17, 15) is 0 Å². The fourth-order valence-electron chi connectivity index (χ4n) is 3.35. The topological polar surface area (TPSA) is 30.7 Å². The first-order valence-corrected chi connectivity index (χ1v) is 8.03. The molecule has 1 aliphatic carbocycles. The molecule has 0 aromatic carbocycles. The second-order valence-electron chi connectivity index (χ2n) is 6.37. The van der Waals surface area contributed by atoms with E-state index < -0.39 is 0 Å². The Kier molecular flexibility index (Phi) is 3.72. The Bertz CT molecular complexity index is 611. The lowest BCUT2D eigenvalue weighted by Gasteiger charge is -2.25. The van der Waals surface area contributed by atoms with Crippen LogP contribution >= 0.6 is 11.6 Å². The minimum Gasteiger partial charge on any atom is -0.312 e. The van der Waals surface area contributed by atoms with Crippen LogP contribution in [0.1, 0.15) is 44.1 Å². The molecular weight excluding hydrogens is 270 g/mol. The second-order valence-corrected chi connectivity index (χ2v) is 6.74. The van der Waals surface area contributed by atoms with E-state index in [0.717, 1.165) is 35.6 Å². The van der Waals surface area contributed by atoms with E-state index >= 15 is 0 Å². The van der Waals surface area contributed by atoms with Gasteiger partial charge in [-0.1, -0.05) is 19.8 Å². The minimum atomic E-state index is 0.389. The van der Waals surface area contributed by atoms with Gasteiger partial charge in [0.25, 0.3) is 0 Å². The van der Waals surface area contributed by atoms with E-state index in [1.807, 2.05) is 13.0 Å². The van der Waals surface area contributed by atoms with Gasteiger partial charge in [0.2, 0.25) is 0 Å². The second kappa shape index (κ2) is 5.36. The lowest BCUT2D eigenvalue weighted by atomic mass is 9.89.